The van der Waals surface area contributed by atoms with Gasteiger partial charge in [0.05, 0.1) is 0 Å². The largest absolute Gasteiger partial charge is 0.322 e. The third-order valence-corrected chi connectivity index (χ3v) is 4.93. The van der Waals surface area contributed by atoms with Gasteiger partial charge in [0.15, 0.2) is 0 Å². The van der Waals surface area contributed by atoms with Gasteiger partial charge in [0.2, 0.25) is 0 Å². The lowest BCUT2D eigenvalue weighted by Crippen LogP contribution is -2.39. The zero-order valence-electron chi connectivity index (χ0n) is 5.88. The topological polar surface area (TPSA) is 12.0 Å². The molecule has 56 valence electrons. The van der Waals surface area contributed by atoms with Gasteiger partial charge in [-0.05, 0) is 12.6 Å². The molecule has 1 N–H and O–H groups in total. The van der Waals surface area contributed by atoms with Gasteiger partial charge in [-0.15, -0.1) is 22.2 Å². The van der Waals surface area contributed by atoms with Crippen molar-refractivity contribution in [3.05, 3.63) is 0 Å². The van der Waals surface area contributed by atoms with E-state index >= 15 is 0 Å². The lowest BCUT2D eigenvalue weighted by Gasteiger charge is -2.14. The average molecular weight is 186 g/mol. The molecule has 0 aliphatic carbocycles. The number of halogens is 2. The Labute approximate surface area is 67.2 Å². The van der Waals surface area contributed by atoms with Crippen LogP contribution in [0.2, 0.25) is 6.04 Å². The predicted octanol–water partition coefficient (Wildman–Crippen LogP) is 2.42. The van der Waals surface area contributed by atoms with E-state index in [1.165, 1.54) is 0 Å². The zero-order valence-corrected chi connectivity index (χ0v) is 8.39. The van der Waals surface area contributed by atoms with Crippen LogP contribution in [-0.4, -0.2) is 13.4 Å². The second-order valence-corrected chi connectivity index (χ2v) is 8.70. The van der Waals surface area contributed by atoms with Crippen molar-refractivity contribution in [2.24, 2.45) is 0 Å². The van der Waals surface area contributed by atoms with Crippen LogP contribution in [-0.2, 0) is 0 Å². The SMILES string of the molecule is CCC[Si](Cl)(Cl)NCC. The van der Waals surface area contributed by atoms with Gasteiger partial charge in [-0.3, -0.25) is 0 Å². The van der Waals surface area contributed by atoms with Gasteiger partial charge in [-0.1, -0.05) is 20.3 Å². The molecule has 0 aromatic carbocycles. The van der Waals surface area contributed by atoms with E-state index in [0.717, 1.165) is 19.0 Å². The van der Waals surface area contributed by atoms with E-state index in [9.17, 15) is 0 Å². The van der Waals surface area contributed by atoms with Crippen LogP contribution in [0.5, 0.6) is 0 Å². The fourth-order valence-corrected chi connectivity index (χ4v) is 3.92. The minimum absolute atomic E-state index is 0.874. The van der Waals surface area contributed by atoms with Crippen LogP contribution < -0.4 is 4.98 Å². The van der Waals surface area contributed by atoms with Crippen LogP contribution in [0.3, 0.4) is 0 Å². The zero-order chi connectivity index (χ0) is 7.33. The average Bonchev–Trinajstić information content (AvgIpc) is 1.64. The van der Waals surface area contributed by atoms with E-state index in [1.54, 1.807) is 0 Å². The first kappa shape index (κ1) is 9.76. The fourth-order valence-electron chi connectivity index (χ4n) is 0.661. The summed E-state index contributed by atoms with van der Waals surface area (Å²) in [4.78, 5) is 3.09. The van der Waals surface area contributed by atoms with Crippen LogP contribution >= 0.6 is 22.2 Å². The van der Waals surface area contributed by atoms with Gasteiger partial charge < -0.3 is 4.98 Å². The molecule has 0 radical (unpaired) electrons. The van der Waals surface area contributed by atoms with E-state index in [0.29, 0.717) is 0 Å². The molecule has 0 aromatic heterocycles. The Balaban J connectivity index is 3.43. The highest BCUT2D eigenvalue weighted by atomic mass is 35.7. The van der Waals surface area contributed by atoms with E-state index in [2.05, 4.69) is 11.9 Å². The van der Waals surface area contributed by atoms with Gasteiger partial charge in [0.25, 0.3) is 0 Å². The van der Waals surface area contributed by atoms with Gasteiger partial charge >= 0.3 is 6.86 Å². The molecule has 9 heavy (non-hydrogen) atoms. The highest BCUT2D eigenvalue weighted by Gasteiger charge is 2.25. The molecule has 0 atom stereocenters. The molecule has 0 heterocycles. The van der Waals surface area contributed by atoms with Crippen molar-refractivity contribution in [1.29, 1.82) is 0 Å². The maximum absolute atomic E-state index is 5.93. The summed E-state index contributed by atoms with van der Waals surface area (Å²) in [6.45, 7) is 2.97. The van der Waals surface area contributed by atoms with Crippen molar-refractivity contribution in [3.63, 3.8) is 0 Å². The van der Waals surface area contributed by atoms with E-state index in [1.807, 2.05) is 6.92 Å². The smallest absolute Gasteiger partial charge is 0.314 e. The van der Waals surface area contributed by atoms with E-state index < -0.39 is 6.86 Å². The third-order valence-electron chi connectivity index (χ3n) is 0.999. The lowest BCUT2D eigenvalue weighted by molar-refractivity contribution is 0.954. The fraction of sp³-hybridized carbons (Fsp3) is 1.00. The summed E-state index contributed by atoms with van der Waals surface area (Å²) in [5.74, 6) is 0. The molecule has 0 aliphatic rings. The molecule has 0 aromatic rings. The maximum atomic E-state index is 5.93. The van der Waals surface area contributed by atoms with Crippen molar-refractivity contribution < 1.29 is 0 Å². The first-order valence-corrected chi connectivity index (χ1v) is 7.48. The summed E-state index contributed by atoms with van der Waals surface area (Å²) in [7, 11) is 0. The molecule has 0 saturated heterocycles. The summed E-state index contributed by atoms with van der Waals surface area (Å²) in [5.41, 5.74) is 0. The first-order chi connectivity index (χ1) is 4.12. The van der Waals surface area contributed by atoms with Crippen molar-refractivity contribution >= 4 is 29.0 Å². The third kappa shape index (κ3) is 5.21. The second-order valence-electron chi connectivity index (χ2n) is 1.98. The first-order valence-electron chi connectivity index (χ1n) is 3.25. The second kappa shape index (κ2) is 4.55. The number of hydrogen-bond donors (Lipinski definition) is 1. The molecule has 0 bridgehead atoms. The summed E-state index contributed by atoms with van der Waals surface area (Å²) in [6.07, 6.45) is 1.06. The lowest BCUT2D eigenvalue weighted by atomic mass is 10.6. The minimum Gasteiger partial charge on any atom is -0.314 e. The standard InChI is InChI=1S/C5H13Cl2NSi/c1-3-5-9(6,7)8-4-2/h8H,3-5H2,1-2H3. The Morgan fingerprint density at radius 3 is 2.22 bits per heavy atom. The molecule has 0 rings (SSSR count). The molecule has 0 saturated carbocycles. The molecule has 0 amide bonds. The molecule has 1 nitrogen and oxygen atoms in total. The van der Waals surface area contributed by atoms with Crippen molar-refractivity contribution in [1.82, 2.24) is 4.98 Å². The van der Waals surface area contributed by atoms with Gasteiger partial charge in [-0.2, -0.15) is 0 Å². The number of hydrogen-bond acceptors (Lipinski definition) is 1. The van der Waals surface area contributed by atoms with Crippen molar-refractivity contribution in [3.8, 4) is 0 Å². The molecule has 0 spiro atoms. The van der Waals surface area contributed by atoms with Gasteiger partial charge in [0.1, 0.15) is 0 Å². The van der Waals surface area contributed by atoms with Crippen LogP contribution in [0.15, 0.2) is 0 Å². The number of rotatable bonds is 4. The monoisotopic (exact) mass is 185 g/mol. The molecule has 4 heteroatoms. The van der Waals surface area contributed by atoms with Gasteiger partial charge in [0, 0.05) is 0 Å². The molecular formula is C5H13Cl2NSi. The Kier molecular flexibility index (Phi) is 4.94. The Bertz CT molecular complexity index is 69.4. The molecule has 0 fully saturated rings. The Morgan fingerprint density at radius 2 is 1.89 bits per heavy atom. The van der Waals surface area contributed by atoms with Crippen LogP contribution in [0.4, 0.5) is 0 Å². The van der Waals surface area contributed by atoms with Crippen LogP contribution in [0, 0.1) is 0 Å². The highest BCUT2D eigenvalue weighted by Crippen LogP contribution is 2.17. The summed E-state index contributed by atoms with van der Waals surface area (Å²) < 4.78 is 0. The predicted molar refractivity (Wildman–Crippen MR) is 46.2 cm³/mol. The summed E-state index contributed by atoms with van der Waals surface area (Å²) in [6, 6.07) is 0.934. The summed E-state index contributed by atoms with van der Waals surface area (Å²) in [5, 5.41) is 0. The molecule has 0 unspecified atom stereocenters. The Morgan fingerprint density at radius 1 is 1.33 bits per heavy atom. The highest BCUT2D eigenvalue weighted by molar-refractivity contribution is 7.44. The van der Waals surface area contributed by atoms with Crippen LogP contribution in [0.1, 0.15) is 20.3 Å². The van der Waals surface area contributed by atoms with Gasteiger partial charge in [-0.25, -0.2) is 0 Å². The van der Waals surface area contributed by atoms with Crippen molar-refractivity contribution in [2.75, 3.05) is 6.54 Å². The molecular weight excluding hydrogens is 173 g/mol. The Hall–Kier alpha value is 0.757. The quantitative estimate of drug-likeness (QED) is 0.525. The maximum Gasteiger partial charge on any atom is 0.322 e. The summed E-state index contributed by atoms with van der Waals surface area (Å²) >= 11 is 11.9. The van der Waals surface area contributed by atoms with Crippen molar-refractivity contribution in [2.45, 2.75) is 26.3 Å². The number of nitrogens with one attached hydrogen (secondary N) is 1. The minimum atomic E-state index is -2.01. The normalized spacial score (nSPS) is 12.0. The molecule has 0 aliphatic heterocycles. The van der Waals surface area contributed by atoms with E-state index in [-0.39, 0.29) is 0 Å². The van der Waals surface area contributed by atoms with Crippen LogP contribution in [0.25, 0.3) is 0 Å². The van der Waals surface area contributed by atoms with E-state index in [4.69, 9.17) is 22.2 Å².